The monoisotopic (exact) mass is 777 g/mol. The quantitative estimate of drug-likeness (QED) is 0.101. The summed E-state index contributed by atoms with van der Waals surface area (Å²) in [6, 6.07) is 14.2. The lowest BCUT2D eigenvalue weighted by atomic mass is 9.83. The summed E-state index contributed by atoms with van der Waals surface area (Å²) in [6.07, 6.45) is 0.967. The van der Waals surface area contributed by atoms with Crippen molar-refractivity contribution in [2.45, 2.75) is 82.5 Å². The standard InChI is InChI=1S/C40H43ClF3N7O4/c1-54-32-18-22(9-10-23(32)19-45-21-25-11-13-34(52)48-25)37-36(41)29(15-16-46-37)27-5-3-7-28-26(27)6-4-8-31(28)49-38-30(40(42,43)44)17-24(39(51-38)55-2)20-47-33-12-14-35(53)50-33/h3,5,7,9-10,15-18,25,31,33,45,47H,4,6,8,11-14,19-21H2,1-2H3,(H,48,52)(H,49,51)(H,50,53)/t25-,31-,33+/m1/s1. The van der Waals surface area contributed by atoms with E-state index in [-0.39, 0.29) is 47.8 Å². The van der Waals surface area contributed by atoms with Crippen LogP contribution in [0.5, 0.6) is 11.6 Å². The lowest BCUT2D eigenvalue weighted by molar-refractivity contribution is -0.137. The van der Waals surface area contributed by atoms with E-state index in [1.54, 1.807) is 13.3 Å². The number of methoxy groups -OCH3 is 2. The summed E-state index contributed by atoms with van der Waals surface area (Å²) in [5.41, 5.74) is 5.12. The molecule has 0 bridgehead atoms. The third kappa shape index (κ3) is 8.51. The van der Waals surface area contributed by atoms with Gasteiger partial charge in [0.05, 0.1) is 42.7 Å². The molecule has 290 valence electrons. The van der Waals surface area contributed by atoms with Crippen molar-refractivity contribution in [1.82, 2.24) is 31.2 Å². The average Bonchev–Trinajstić information content (AvgIpc) is 3.80. The molecular weight excluding hydrogens is 735 g/mol. The Morgan fingerprint density at radius 1 is 0.909 bits per heavy atom. The van der Waals surface area contributed by atoms with Gasteiger partial charge in [-0.3, -0.25) is 19.9 Å². The smallest absolute Gasteiger partial charge is 0.419 e. The number of benzene rings is 2. The largest absolute Gasteiger partial charge is 0.496 e. The van der Waals surface area contributed by atoms with Gasteiger partial charge >= 0.3 is 6.18 Å². The number of aromatic nitrogens is 2. The Balaban J connectivity index is 1.14. The fraction of sp³-hybridized carbons (Fsp3) is 0.400. The van der Waals surface area contributed by atoms with E-state index >= 15 is 0 Å². The Labute approximate surface area is 322 Å². The number of pyridine rings is 2. The summed E-state index contributed by atoms with van der Waals surface area (Å²) in [4.78, 5) is 32.1. The van der Waals surface area contributed by atoms with Crippen LogP contribution in [-0.2, 0) is 35.3 Å². The van der Waals surface area contributed by atoms with Gasteiger partial charge in [0, 0.05) is 67.0 Å². The molecule has 1 aliphatic carbocycles. The second-order valence-corrected chi connectivity index (χ2v) is 14.4. The molecule has 7 rings (SSSR count). The molecule has 3 atom stereocenters. The molecule has 55 heavy (non-hydrogen) atoms. The summed E-state index contributed by atoms with van der Waals surface area (Å²) in [5.74, 6) is 0.394. The van der Waals surface area contributed by atoms with Crippen molar-refractivity contribution in [1.29, 1.82) is 0 Å². The Morgan fingerprint density at radius 2 is 1.73 bits per heavy atom. The topological polar surface area (TPSA) is 139 Å². The third-order valence-electron chi connectivity index (χ3n) is 10.4. The zero-order valence-corrected chi connectivity index (χ0v) is 31.3. The number of fused-ring (bicyclic) bond motifs is 1. The number of nitrogens with zero attached hydrogens (tertiary/aromatic N) is 2. The molecule has 4 heterocycles. The van der Waals surface area contributed by atoms with Gasteiger partial charge in [-0.25, -0.2) is 0 Å². The second-order valence-electron chi connectivity index (χ2n) is 14.0. The van der Waals surface area contributed by atoms with Crippen LogP contribution in [0.2, 0.25) is 5.02 Å². The lowest BCUT2D eigenvalue weighted by Gasteiger charge is -2.30. The van der Waals surface area contributed by atoms with Crippen LogP contribution in [0.3, 0.4) is 0 Å². The van der Waals surface area contributed by atoms with Crippen LogP contribution in [0.25, 0.3) is 22.4 Å². The Bertz CT molecular complexity index is 2080. The zero-order chi connectivity index (χ0) is 38.7. The lowest BCUT2D eigenvalue weighted by Crippen LogP contribution is -2.38. The van der Waals surface area contributed by atoms with Crippen LogP contribution >= 0.6 is 11.6 Å². The average molecular weight is 778 g/mol. The van der Waals surface area contributed by atoms with Gasteiger partial charge in [-0.05, 0) is 67.0 Å². The van der Waals surface area contributed by atoms with Crippen molar-refractivity contribution < 1.29 is 32.2 Å². The van der Waals surface area contributed by atoms with Gasteiger partial charge in [0.2, 0.25) is 17.7 Å². The molecule has 15 heteroatoms. The Morgan fingerprint density at radius 3 is 2.45 bits per heavy atom. The van der Waals surface area contributed by atoms with Gasteiger partial charge in [-0.2, -0.15) is 18.2 Å². The van der Waals surface area contributed by atoms with Crippen molar-refractivity contribution in [2.75, 3.05) is 26.1 Å². The van der Waals surface area contributed by atoms with E-state index in [0.29, 0.717) is 61.7 Å². The fourth-order valence-corrected chi connectivity index (χ4v) is 8.01. The third-order valence-corrected chi connectivity index (χ3v) is 10.8. The van der Waals surface area contributed by atoms with E-state index in [0.717, 1.165) is 52.3 Å². The molecule has 4 aromatic rings. The van der Waals surface area contributed by atoms with E-state index < -0.39 is 17.8 Å². The molecule has 2 aliphatic heterocycles. The summed E-state index contributed by atoms with van der Waals surface area (Å²) in [7, 11) is 2.98. The molecule has 2 amide bonds. The molecule has 2 aromatic heterocycles. The molecule has 3 aliphatic rings. The molecule has 11 nitrogen and oxygen atoms in total. The fourth-order valence-electron chi connectivity index (χ4n) is 7.69. The number of alkyl halides is 3. The number of carbonyl (C=O) groups excluding carboxylic acids is 2. The predicted octanol–water partition coefficient (Wildman–Crippen LogP) is 6.68. The van der Waals surface area contributed by atoms with E-state index in [2.05, 4.69) is 36.6 Å². The second kappa shape index (κ2) is 16.4. The highest BCUT2D eigenvalue weighted by molar-refractivity contribution is 6.35. The first-order chi connectivity index (χ1) is 26.5. The van der Waals surface area contributed by atoms with E-state index in [4.69, 9.17) is 21.1 Å². The molecule has 0 spiro atoms. The molecule has 2 aromatic carbocycles. The Hall–Kier alpha value is -4.92. The number of hydrogen-bond acceptors (Lipinski definition) is 9. The number of amides is 2. The van der Waals surface area contributed by atoms with Gasteiger partial charge in [0.25, 0.3) is 0 Å². The maximum atomic E-state index is 14.6. The summed E-state index contributed by atoms with van der Waals surface area (Å²) < 4.78 is 54.9. The maximum Gasteiger partial charge on any atom is 0.419 e. The van der Waals surface area contributed by atoms with Crippen molar-refractivity contribution in [3.63, 3.8) is 0 Å². The minimum Gasteiger partial charge on any atom is -0.496 e. The van der Waals surface area contributed by atoms with Gasteiger partial charge in [0.15, 0.2) is 0 Å². The molecular formula is C40H43ClF3N7O4. The highest BCUT2D eigenvalue weighted by atomic mass is 35.5. The summed E-state index contributed by atoms with van der Waals surface area (Å²) in [6.45, 7) is 1.24. The highest BCUT2D eigenvalue weighted by Crippen LogP contribution is 2.44. The number of anilines is 1. The number of rotatable bonds is 13. The predicted molar refractivity (Wildman–Crippen MR) is 203 cm³/mol. The highest BCUT2D eigenvalue weighted by Gasteiger charge is 2.37. The van der Waals surface area contributed by atoms with Crippen LogP contribution in [0.1, 0.15) is 72.4 Å². The minimum atomic E-state index is -4.69. The van der Waals surface area contributed by atoms with Crippen LogP contribution in [0.4, 0.5) is 19.0 Å². The first-order valence-corrected chi connectivity index (χ1v) is 18.8. The Kier molecular flexibility index (Phi) is 11.5. The number of hydrogen-bond donors (Lipinski definition) is 5. The number of nitrogens with one attached hydrogen (secondary N) is 5. The van der Waals surface area contributed by atoms with Crippen LogP contribution in [0, 0.1) is 0 Å². The van der Waals surface area contributed by atoms with Crippen molar-refractivity contribution in [2.24, 2.45) is 0 Å². The normalized spacial score (nSPS) is 19.5. The van der Waals surface area contributed by atoms with Crippen molar-refractivity contribution in [3.05, 3.63) is 87.6 Å². The van der Waals surface area contributed by atoms with E-state index in [9.17, 15) is 22.8 Å². The first kappa shape index (κ1) is 38.4. The van der Waals surface area contributed by atoms with Crippen molar-refractivity contribution in [3.8, 4) is 34.0 Å². The SMILES string of the molecule is COc1cc(-c2nccc(-c3cccc4c3CCC[C@H]4Nc3nc(OC)c(CN[C@@H]4CCC(=O)N4)cc3C(F)(F)F)c2Cl)ccc1CNC[C@H]1CCC(=O)N1. The van der Waals surface area contributed by atoms with E-state index in [1.807, 2.05) is 42.5 Å². The first-order valence-electron chi connectivity index (χ1n) is 18.4. The van der Waals surface area contributed by atoms with Crippen molar-refractivity contribution >= 4 is 29.2 Å². The van der Waals surface area contributed by atoms with Gasteiger partial charge in [-0.1, -0.05) is 41.9 Å². The molecule has 0 saturated carbocycles. The molecule has 2 saturated heterocycles. The number of ether oxygens (including phenoxy) is 2. The van der Waals surface area contributed by atoms with Crippen LogP contribution in [0.15, 0.2) is 54.7 Å². The van der Waals surface area contributed by atoms with Gasteiger partial charge < -0.3 is 30.7 Å². The molecule has 0 radical (unpaired) electrons. The van der Waals surface area contributed by atoms with Gasteiger partial charge in [0.1, 0.15) is 11.6 Å². The molecule has 2 fully saturated rings. The van der Waals surface area contributed by atoms with Crippen LogP contribution in [-0.4, -0.2) is 54.8 Å². The minimum absolute atomic E-state index is 0.0330. The van der Waals surface area contributed by atoms with Gasteiger partial charge in [-0.15, -0.1) is 0 Å². The summed E-state index contributed by atoms with van der Waals surface area (Å²) >= 11 is 7.14. The maximum absolute atomic E-state index is 14.6. The van der Waals surface area contributed by atoms with E-state index in [1.165, 1.54) is 7.11 Å². The van der Waals surface area contributed by atoms with Crippen LogP contribution < -0.4 is 36.1 Å². The zero-order valence-electron chi connectivity index (χ0n) is 30.5. The number of carbonyl (C=O) groups is 2. The molecule has 0 unspecified atom stereocenters. The summed E-state index contributed by atoms with van der Waals surface area (Å²) in [5, 5.41) is 15.8. The number of halogens is 4. The molecule has 5 N–H and O–H groups in total.